The maximum atomic E-state index is 11.7. The lowest BCUT2D eigenvalue weighted by atomic mass is 10.1. The van der Waals surface area contributed by atoms with E-state index in [1.807, 2.05) is 6.92 Å². The highest BCUT2D eigenvalue weighted by Gasteiger charge is 2.31. The zero-order chi connectivity index (χ0) is 12.1. The van der Waals surface area contributed by atoms with Gasteiger partial charge in [0.05, 0.1) is 5.92 Å². The van der Waals surface area contributed by atoms with Gasteiger partial charge in [0.15, 0.2) is 0 Å². The number of carboxylic acid groups (broad SMARTS) is 1. The van der Waals surface area contributed by atoms with Gasteiger partial charge < -0.3 is 16.2 Å². The number of amides is 1. The van der Waals surface area contributed by atoms with Crippen LogP contribution in [0.15, 0.2) is 0 Å². The third kappa shape index (κ3) is 3.48. The van der Waals surface area contributed by atoms with Crippen LogP contribution in [0.4, 0.5) is 0 Å². The van der Waals surface area contributed by atoms with Gasteiger partial charge in [-0.2, -0.15) is 0 Å². The normalized spacial score (nSPS) is 26.4. The van der Waals surface area contributed by atoms with E-state index in [9.17, 15) is 9.59 Å². The topological polar surface area (TPSA) is 92.4 Å². The smallest absolute Gasteiger partial charge is 0.306 e. The molecule has 0 radical (unpaired) electrons. The summed E-state index contributed by atoms with van der Waals surface area (Å²) >= 11 is 0. The van der Waals surface area contributed by atoms with Gasteiger partial charge in [0.2, 0.25) is 5.91 Å². The zero-order valence-corrected chi connectivity index (χ0v) is 9.61. The minimum Gasteiger partial charge on any atom is -0.481 e. The van der Waals surface area contributed by atoms with Crippen molar-refractivity contribution in [1.82, 2.24) is 5.32 Å². The first-order valence-corrected chi connectivity index (χ1v) is 5.77. The van der Waals surface area contributed by atoms with Gasteiger partial charge in [-0.15, -0.1) is 0 Å². The summed E-state index contributed by atoms with van der Waals surface area (Å²) < 4.78 is 0. The Balaban J connectivity index is 2.33. The zero-order valence-electron chi connectivity index (χ0n) is 9.61. The summed E-state index contributed by atoms with van der Waals surface area (Å²) in [6, 6.07) is 0.0221. The lowest BCUT2D eigenvalue weighted by Gasteiger charge is -2.16. The van der Waals surface area contributed by atoms with Crippen LogP contribution in [-0.2, 0) is 9.59 Å². The summed E-state index contributed by atoms with van der Waals surface area (Å²) in [5.74, 6) is -1.16. The maximum absolute atomic E-state index is 11.7. The highest BCUT2D eigenvalue weighted by Crippen LogP contribution is 2.25. The van der Waals surface area contributed by atoms with Crippen molar-refractivity contribution < 1.29 is 14.7 Å². The van der Waals surface area contributed by atoms with E-state index in [4.69, 9.17) is 10.8 Å². The number of rotatable bonds is 5. The molecule has 0 spiro atoms. The summed E-state index contributed by atoms with van der Waals surface area (Å²) in [6.45, 7) is 2.34. The number of nitrogens with two attached hydrogens (primary N) is 1. The molecule has 0 bridgehead atoms. The molecule has 4 N–H and O–H groups in total. The second-order valence-electron chi connectivity index (χ2n) is 4.53. The highest BCUT2D eigenvalue weighted by molar-refractivity contribution is 5.79. The minimum atomic E-state index is -0.758. The summed E-state index contributed by atoms with van der Waals surface area (Å²) in [5.41, 5.74) is 5.38. The predicted octanol–water partition coefficient (Wildman–Crippen LogP) is 0.341. The molecule has 0 heterocycles. The van der Waals surface area contributed by atoms with Crippen LogP contribution in [0, 0.1) is 11.8 Å². The van der Waals surface area contributed by atoms with Crippen LogP contribution in [0.2, 0.25) is 0 Å². The molecule has 0 aliphatic heterocycles. The van der Waals surface area contributed by atoms with Crippen molar-refractivity contribution in [2.24, 2.45) is 17.6 Å². The van der Waals surface area contributed by atoms with Gasteiger partial charge in [-0.25, -0.2) is 0 Å². The van der Waals surface area contributed by atoms with E-state index in [1.165, 1.54) is 0 Å². The van der Waals surface area contributed by atoms with Crippen molar-refractivity contribution in [3.05, 3.63) is 0 Å². The maximum Gasteiger partial charge on any atom is 0.306 e. The van der Waals surface area contributed by atoms with Gasteiger partial charge in [-0.05, 0) is 32.2 Å². The number of nitrogens with one attached hydrogen (secondary N) is 1. The number of carboxylic acids is 1. The Morgan fingerprint density at radius 1 is 1.50 bits per heavy atom. The summed E-state index contributed by atoms with van der Waals surface area (Å²) in [7, 11) is 0. The summed E-state index contributed by atoms with van der Waals surface area (Å²) in [6.07, 6.45) is 2.64. The second-order valence-corrected chi connectivity index (χ2v) is 4.53. The average molecular weight is 228 g/mol. The lowest BCUT2D eigenvalue weighted by molar-refractivity contribution is -0.141. The first-order valence-electron chi connectivity index (χ1n) is 5.77. The monoisotopic (exact) mass is 228 g/mol. The molecule has 16 heavy (non-hydrogen) atoms. The molecule has 1 aliphatic carbocycles. The molecule has 0 aromatic heterocycles. The van der Waals surface area contributed by atoms with Crippen molar-refractivity contribution in [3.8, 4) is 0 Å². The Kier molecular flexibility index (Phi) is 4.73. The van der Waals surface area contributed by atoms with Gasteiger partial charge in [0.1, 0.15) is 0 Å². The molecule has 1 amide bonds. The van der Waals surface area contributed by atoms with Crippen molar-refractivity contribution in [3.63, 3.8) is 0 Å². The van der Waals surface area contributed by atoms with Gasteiger partial charge in [0.25, 0.3) is 0 Å². The molecule has 0 saturated heterocycles. The van der Waals surface area contributed by atoms with Crippen LogP contribution in [-0.4, -0.2) is 29.6 Å². The number of carbonyl (C=O) groups is 2. The predicted molar refractivity (Wildman–Crippen MR) is 59.7 cm³/mol. The van der Waals surface area contributed by atoms with Gasteiger partial charge >= 0.3 is 5.97 Å². The summed E-state index contributed by atoms with van der Waals surface area (Å²) in [5, 5.41) is 11.7. The average Bonchev–Trinajstić information content (AvgIpc) is 2.66. The molecule has 3 atom stereocenters. The van der Waals surface area contributed by atoms with E-state index in [2.05, 4.69) is 5.32 Å². The van der Waals surface area contributed by atoms with Gasteiger partial charge in [-0.3, -0.25) is 9.59 Å². The standard InChI is InChI=1S/C11H20N2O3/c1-7(4-5-12)10(14)13-9-3-2-8(6-9)11(15)16/h7-9H,2-6,12H2,1H3,(H,13,14)(H,15,16)/t7?,8-,9+/m1/s1. The van der Waals surface area contributed by atoms with Crippen LogP contribution < -0.4 is 11.1 Å². The first kappa shape index (κ1) is 13.0. The van der Waals surface area contributed by atoms with Crippen molar-refractivity contribution in [2.75, 3.05) is 6.54 Å². The van der Waals surface area contributed by atoms with Crippen LogP contribution in [0.5, 0.6) is 0 Å². The Labute approximate surface area is 95.4 Å². The molecule has 1 saturated carbocycles. The number of carbonyl (C=O) groups excluding carboxylic acids is 1. The van der Waals surface area contributed by atoms with E-state index < -0.39 is 5.97 Å². The highest BCUT2D eigenvalue weighted by atomic mass is 16.4. The number of hydrogen-bond donors (Lipinski definition) is 3. The Hall–Kier alpha value is -1.10. The molecule has 1 fully saturated rings. The number of aliphatic carboxylic acids is 1. The molecule has 92 valence electrons. The largest absolute Gasteiger partial charge is 0.481 e. The molecule has 1 aliphatic rings. The van der Waals surface area contributed by atoms with Crippen LogP contribution >= 0.6 is 0 Å². The molecular weight excluding hydrogens is 208 g/mol. The Morgan fingerprint density at radius 2 is 2.19 bits per heavy atom. The molecule has 1 unspecified atom stereocenters. The third-order valence-electron chi connectivity index (χ3n) is 3.18. The van der Waals surface area contributed by atoms with E-state index >= 15 is 0 Å². The van der Waals surface area contributed by atoms with E-state index in [0.29, 0.717) is 25.8 Å². The summed E-state index contributed by atoms with van der Waals surface area (Å²) in [4.78, 5) is 22.4. The number of hydrogen-bond acceptors (Lipinski definition) is 3. The molecule has 5 heteroatoms. The SMILES string of the molecule is CC(CCN)C(=O)N[C@H]1CC[C@@H](C(=O)O)C1. The molecule has 0 aromatic carbocycles. The molecule has 0 aromatic rings. The van der Waals surface area contributed by atoms with Crippen LogP contribution in [0.25, 0.3) is 0 Å². The van der Waals surface area contributed by atoms with Gasteiger partial charge in [-0.1, -0.05) is 6.92 Å². The first-order chi connectivity index (χ1) is 7.54. The second kappa shape index (κ2) is 5.84. The fraction of sp³-hybridized carbons (Fsp3) is 0.818. The van der Waals surface area contributed by atoms with Crippen LogP contribution in [0.3, 0.4) is 0 Å². The lowest BCUT2D eigenvalue weighted by Crippen LogP contribution is -2.37. The van der Waals surface area contributed by atoms with Crippen molar-refractivity contribution >= 4 is 11.9 Å². The molecule has 1 rings (SSSR count). The third-order valence-corrected chi connectivity index (χ3v) is 3.18. The Morgan fingerprint density at radius 3 is 2.69 bits per heavy atom. The van der Waals surface area contributed by atoms with E-state index in [0.717, 1.165) is 6.42 Å². The van der Waals surface area contributed by atoms with E-state index in [-0.39, 0.29) is 23.8 Å². The molecular formula is C11H20N2O3. The van der Waals surface area contributed by atoms with Crippen molar-refractivity contribution in [1.29, 1.82) is 0 Å². The van der Waals surface area contributed by atoms with Crippen LogP contribution in [0.1, 0.15) is 32.6 Å². The Bertz CT molecular complexity index is 268. The quantitative estimate of drug-likeness (QED) is 0.632. The fourth-order valence-electron chi connectivity index (χ4n) is 2.06. The fourth-order valence-corrected chi connectivity index (χ4v) is 2.06. The van der Waals surface area contributed by atoms with Gasteiger partial charge in [0, 0.05) is 12.0 Å². The minimum absolute atomic E-state index is 0.0125. The van der Waals surface area contributed by atoms with E-state index in [1.54, 1.807) is 0 Å². The molecule has 5 nitrogen and oxygen atoms in total. The van der Waals surface area contributed by atoms with Crippen molar-refractivity contribution in [2.45, 2.75) is 38.6 Å².